The molecule has 0 aliphatic heterocycles. The zero-order valence-electron chi connectivity index (χ0n) is 26.4. The van der Waals surface area contributed by atoms with E-state index in [1.165, 1.54) is 44.9 Å². The molecule has 40 heavy (non-hydrogen) atoms. The van der Waals surface area contributed by atoms with Crippen molar-refractivity contribution < 1.29 is 65.8 Å². The molecular formula is C30H59NaO8S. The molecule has 0 saturated heterocycles. The summed E-state index contributed by atoms with van der Waals surface area (Å²) in [6.45, 7) is 7.53. The van der Waals surface area contributed by atoms with Gasteiger partial charge in [0.15, 0.2) is 0 Å². The van der Waals surface area contributed by atoms with Gasteiger partial charge in [0.1, 0.15) is 0 Å². The number of hydrogen-bond acceptors (Lipinski definition) is 8. The van der Waals surface area contributed by atoms with Gasteiger partial charge in [-0.1, -0.05) is 117 Å². The Morgan fingerprint density at radius 3 is 1.18 bits per heavy atom. The van der Waals surface area contributed by atoms with E-state index in [0.717, 1.165) is 77.0 Å². The fourth-order valence-electron chi connectivity index (χ4n) is 3.80. The van der Waals surface area contributed by atoms with Crippen LogP contribution >= 0.6 is 0 Å². The molecule has 0 N–H and O–H groups in total. The largest absolute Gasteiger partial charge is 1.00 e. The topological polar surface area (TPSA) is 119 Å². The van der Waals surface area contributed by atoms with Crippen LogP contribution in [0.25, 0.3) is 0 Å². The monoisotopic (exact) mass is 602 g/mol. The van der Waals surface area contributed by atoms with Gasteiger partial charge in [0, 0.05) is 12.8 Å². The Bertz CT molecular complexity index is 616. The molecule has 0 atom stereocenters. The van der Waals surface area contributed by atoms with Crippen molar-refractivity contribution in [2.75, 3.05) is 19.8 Å². The van der Waals surface area contributed by atoms with Crippen molar-refractivity contribution in [2.24, 2.45) is 0 Å². The van der Waals surface area contributed by atoms with E-state index in [1.54, 1.807) is 0 Å². The van der Waals surface area contributed by atoms with Crippen molar-refractivity contribution >= 4 is 22.3 Å². The van der Waals surface area contributed by atoms with Crippen LogP contribution in [-0.2, 0) is 33.6 Å². The predicted octanol–water partition coefficient (Wildman–Crippen LogP) is 5.18. The fourth-order valence-corrected chi connectivity index (χ4v) is 4.12. The van der Waals surface area contributed by atoms with Gasteiger partial charge in [0.05, 0.1) is 19.8 Å². The van der Waals surface area contributed by atoms with Crippen LogP contribution in [0.2, 0.25) is 0 Å². The maximum Gasteiger partial charge on any atom is 1.00 e. The van der Waals surface area contributed by atoms with Crippen LogP contribution in [0.1, 0.15) is 162 Å². The van der Waals surface area contributed by atoms with Crippen molar-refractivity contribution in [1.29, 1.82) is 0 Å². The third-order valence-electron chi connectivity index (χ3n) is 6.26. The molecule has 0 unspecified atom stereocenters. The Kier molecular flexibility index (Phi) is 38.7. The SMILES string of the molecule is CCCCCCCCCCCCOS(=O)(=O)[O-].CCCCOC(=O)CCCCCCCCC(=O)OCCCC.[Na+]. The van der Waals surface area contributed by atoms with E-state index < -0.39 is 10.4 Å². The number of unbranched alkanes of at least 4 members (excludes halogenated alkanes) is 16. The van der Waals surface area contributed by atoms with Crippen LogP contribution in [0, 0.1) is 0 Å². The van der Waals surface area contributed by atoms with Gasteiger partial charge in [-0.05, 0) is 32.1 Å². The van der Waals surface area contributed by atoms with Gasteiger partial charge in [-0.15, -0.1) is 0 Å². The van der Waals surface area contributed by atoms with Crippen LogP contribution in [0.4, 0.5) is 0 Å². The van der Waals surface area contributed by atoms with Crippen molar-refractivity contribution in [3.63, 3.8) is 0 Å². The van der Waals surface area contributed by atoms with E-state index in [0.29, 0.717) is 32.5 Å². The Morgan fingerprint density at radius 2 is 0.825 bits per heavy atom. The van der Waals surface area contributed by atoms with Crippen LogP contribution in [0.5, 0.6) is 0 Å². The summed E-state index contributed by atoms with van der Waals surface area (Å²) in [5.41, 5.74) is 0. The van der Waals surface area contributed by atoms with E-state index >= 15 is 0 Å². The average Bonchev–Trinajstić information content (AvgIpc) is 2.89. The summed E-state index contributed by atoms with van der Waals surface area (Å²) < 4.78 is 44.7. The second-order valence-electron chi connectivity index (χ2n) is 10.2. The molecule has 0 aromatic rings. The molecule has 0 amide bonds. The van der Waals surface area contributed by atoms with E-state index in [-0.39, 0.29) is 48.1 Å². The number of carbonyl (C=O) groups is 2. The Morgan fingerprint density at radius 1 is 0.500 bits per heavy atom. The summed E-state index contributed by atoms with van der Waals surface area (Å²) in [5, 5.41) is 0. The van der Waals surface area contributed by atoms with Crippen molar-refractivity contribution in [3.8, 4) is 0 Å². The quantitative estimate of drug-likeness (QED) is 0.0415. The van der Waals surface area contributed by atoms with Crippen LogP contribution in [0.15, 0.2) is 0 Å². The number of esters is 2. The van der Waals surface area contributed by atoms with Crippen molar-refractivity contribution in [2.45, 2.75) is 162 Å². The molecule has 0 radical (unpaired) electrons. The molecular weight excluding hydrogens is 543 g/mol. The van der Waals surface area contributed by atoms with Gasteiger partial charge >= 0.3 is 41.5 Å². The number of ether oxygens (including phenoxy) is 2. The van der Waals surface area contributed by atoms with Gasteiger partial charge in [-0.2, -0.15) is 0 Å². The third-order valence-corrected chi connectivity index (χ3v) is 6.71. The smallest absolute Gasteiger partial charge is 0.726 e. The second kappa shape index (κ2) is 35.0. The maximum atomic E-state index is 11.4. The summed E-state index contributed by atoms with van der Waals surface area (Å²) in [7, 11) is -4.48. The van der Waals surface area contributed by atoms with Crippen molar-refractivity contribution in [1.82, 2.24) is 0 Å². The number of carbonyl (C=O) groups excluding carboxylic acids is 2. The molecule has 0 bridgehead atoms. The van der Waals surface area contributed by atoms with Gasteiger partial charge in [0.25, 0.3) is 0 Å². The predicted molar refractivity (Wildman–Crippen MR) is 156 cm³/mol. The fraction of sp³-hybridized carbons (Fsp3) is 0.933. The van der Waals surface area contributed by atoms with Gasteiger partial charge in [0.2, 0.25) is 10.4 Å². The molecule has 0 saturated carbocycles. The number of hydrogen-bond donors (Lipinski definition) is 0. The minimum absolute atomic E-state index is 0. The van der Waals surface area contributed by atoms with Crippen LogP contribution < -0.4 is 29.6 Å². The average molecular weight is 603 g/mol. The summed E-state index contributed by atoms with van der Waals surface area (Å²) in [4.78, 5) is 22.7. The standard InChI is InChI=1S/C18H34O4.C12H26O4S.Na/c1-3-5-15-21-17(19)13-11-9-7-8-10-12-14-18(20)22-16-6-4-2;1-2-3-4-5-6-7-8-9-10-11-12-16-17(13,14)15;/h3-16H2,1-2H3;2-12H2,1H3,(H,13,14,15);/q;;+1/p-1. The molecule has 0 spiro atoms. The second-order valence-corrected chi connectivity index (χ2v) is 11.2. The zero-order valence-corrected chi connectivity index (χ0v) is 29.2. The number of rotatable bonds is 27. The summed E-state index contributed by atoms with van der Waals surface area (Å²) in [6, 6.07) is 0. The Hall–Kier alpha value is -0.190. The van der Waals surface area contributed by atoms with Gasteiger partial charge in [-0.25, -0.2) is 8.42 Å². The van der Waals surface area contributed by atoms with Crippen LogP contribution in [0.3, 0.4) is 0 Å². The molecule has 0 aliphatic rings. The van der Waals surface area contributed by atoms with Gasteiger partial charge in [-0.3, -0.25) is 13.8 Å². The molecule has 10 heteroatoms. The molecule has 0 heterocycles. The van der Waals surface area contributed by atoms with Crippen LogP contribution in [-0.4, -0.2) is 44.7 Å². The van der Waals surface area contributed by atoms with E-state index in [1.807, 2.05) is 0 Å². The first-order valence-corrected chi connectivity index (χ1v) is 17.0. The van der Waals surface area contributed by atoms with E-state index in [2.05, 4.69) is 25.0 Å². The van der Waals surface area contributed by atoms with E-state index in [9.17, 15) is 22.6 Å². The minimum Gasteiger partial charge on any atom is -0.726 e. The summed E-state index contributed by atoms with van der Waals surface area (Å²) in [5.74, 6) is -0.133. The zero-order chi connectivity index (χ0) is 29.5. The molecule has 8 nitrogen and oxygen atoms in total. The first-order chi connectivity index (χ1) is 18.8. The molecule has 0 aromatic heterocycles. The maximum absolute atomic E-state index is 11.4. The van der Waals surface area contributed by atoms with Crippen molar-refractivity contribution in [3.05, 3.63) is 0 Å². The van der Waals surface area contributed by atoms with Gasteiger partial charge < -0.3 is 14.0 Å². The minimum atomic E-state index is -4.48. The summed E-state index contributed by atoms with van der Waals surface area (Å²) >= 11 is 0. The molecule has 0 rings (SSSR count). The normalized spacial score (nSPS) is 10.8. The molecule has 0 fully saturated rings. The molecule has 0 aromatic carbocycles. The molecule has 0 aliphatic carbocycles. The summed E-state index contributed by atoms with van der Waals surface area (Å²) in [6.07, 6.45) is 23.0. The Labute approximate surface area is 268 Å². The Balaban J connectivity index is -0.000000689. The molecule has 234 valence electrons. The third kappa shape index (κ3) is 42.3. The first-order valence-electron chi connectivity index (χ1n) is 15.7. The first kappa shape index (κ1) is 44.3. The van der Waals surface area contributed by atoms with E-state index in [4.69, 9.17) is 9.47 Å².